The van der Waals surface area contributed by atoms with E-state index in [-0.39, 0.29) is 17.3 Å². The highest BCUT2D eigenvalue weighted by Crippen LogP contribution is 2.07. The number of anilines is 1. The van der Waals surface area contributed by atoms with Gasteiger partial charge in [-0.3, -0.25) is 10.1 Å². The molecule has 2 N–H and O–H groups in total. The van der Waals surface area contributed by atoms with Crippen LogP contribution in [0, 0.1) is 6.92 Å². The Labute approximate surface area is 101 Å². The van der Waals surface area contributed by atoms with Crippen LogP contribution in [0.15, 0.2) is 22.7 Å². The molecule has 2 heterocycles. The van der Waals surface area contributed by atoms with Gasteiger partial charge in [-0.2, -0.15) is 0 Å². The van der Waals surface area contributed by atoms with Gasteiger partial charge in [0.15, 0.2) is 0 Å². The van der Waals surface area contributed by atoms with E-state index >= 15 is 0 Å². The summed E-state index contributed by atoms with van der Waals surface area (Å²) in [6.07, 6.45) is 1.15. The highest BCUT2D eigenvalue weighted by molar-refractivity contribution is 6.03. The minimum Gasteiger partial charge on any atom is -0.477 e. The summed E-state index contributed by atoms with van der Waals surface area (Å²) in [7, 11) is 0. The standard InChI is InChI=1S/C10H8N4O4/c1-5-13-14-10(18-5)12-8(15)6-2-3-7(9(16)17)11-4-6/h2-4H,1H3,(H,16,17)(H,12,14,15). The lowest BCUT2D eigenvalue weighted by Crippen LogP contribution is -2.13. The third-order valence-electron chi connectivity index (χ3n) is 1.99. The molecular weight excluding hydrogens is 240 g/mol. The van der Waals surface area contributed by atoms with E-state index in [1.807, 2.05) is 0 Å². The summed E-state index contributed by atoms with van der Waals surface area (Å²) in [5.74, 6) is -1.35. The Morgan fingerprint density at radius 1 is 1.33 bits per heavy atom. The van der Waals surface area contributed by atoms with Crippen LogP contribution in [0.25, 0.3) is 0 Å². The highest BCUT2D eigenvalue weighted by atomic mass is 16.4. The van der Waals surface area contributed by atoms with Crippen molar-refractivity contribution in [1.82, 2.24) is 15.2 Å². The Kier molecular flexibility index (Phi) is 3.00. The van der Waals surface area contributed by atoms with Crippen molar-refractivity contribution in [2.45, 2.75) is 6.92 Å². The van der Waals surface area contributed by atoms with Crippen LogP contribution in [0.3, 0.4) is 0 Å². The molecule has 0 atom stereocenters. The van der Waals surface area contributed by atoms with E-state index < -0.39 is 11.9 Å². The fourth-order valence-electron chi connectivity index (χ4n) is 1.17. The molecule has 92 valence electrons. The van der Waals surface area contributed by atoms with Gasteiger partial charge in [-0.1, -0.05) is 5.10 Å². The maximum absolute atomic E-state index is 11.7. The summed E-state index contributed by atoms with van der Waals surface area (Å²) < 4.78 is 4.97. The predicted molar refractivity (Wildman–Crippen MR) is 58.2 cm³/mol. The summed E-state index contributed by atoms with van der Waals surface area (Å²) in [6.45, 7) is 1.59. The topological polar surface area (TPSA) is 118 Å². The fraction of sp³-hybridized carbons (Fsp3) is 0.100. The lowest BCUT2D eigenvalue weighted by Gasteiger charge is -2.00. The molecule has 2 aromatic rings. The first-order valence-electron chi connectivity index (χ1n) is 4.87. The molecule has 8 nitrogen and oxygen atoms in total. The SMILES string of the molecule is Cc1nnc(NC(=O)c2ccc(C(=O)O)nc2)o1. The van der Waals surface area contributed by atoms with Gasteiger partial charge in [0, 0.05) is 13.1 Å². The molecule has 2 rings (SSSR count). The number of carboxylic acid groups (broad SMARTS) is 1. The van der Waals surface area contributed by atoms with Gasteiger partial charge in [0.05, 0.1) is 5.56 Å². The third-order valence-corrected chi connectivity index (χ3v) is 1.99. The number of nitrogens with one attached hydrogen (secondary N) is 1. The zero-order valence-electron chi connectivity index (χ0n) is 9.25. The van der Waals surface area contributed by atoms with E-state index in [2.05, 4.69) is 20.5 Å². The lowest BCUT2D eigenvalue weighted by atomic mass is 10.2. The zero-order valence-corrected chi connectivity index (χ0v) is 9.25. The van der Waals surface area contributed by atoms with E-state index in [1.54, 1.807) is 6.92 Å². The lowest BCUT2D eigenvalue weighted by molar-refractivity contribution is 0.0690. The summed E-state index contributed by atoms with van der Waals surface area (Å²) >= 11 is 0. The average Bonchev–Trinajstić information content (AvgIpc) is 2.75. The predicted octanol–water partition coefficient (Wildman–Crippen LogP) is 0.724. The van der Waals surface area contributed by atoms with Gasteiger partial charge in [-0.25, -0.2) is 9.78 Å². The minimum absolute atomic E-state index is 0.0280. The molecule has 0 saturated heterocycles. The van der Waals surface area contributed by atoms with Crippen LogP contribution in [0.5, 0.6) is 0 Å². The minimum atomic E-state index is -1.16. The largest absolute Gasteiger partial charge is 0.477 e. The van der Waals surface area contributed by atoms with Crippen LogP contribution in [-0.2, 0) is 0 Å². The van der Waals surface area contributed by atoms with Crippen molar-refractivity contribution in [1.29, 1.82) is 0 Å². The molecule has 0 aliphatic rings. The van der Waals surface area contributed by atoms with E-state index in [0.717, 1.165) is 6.20 Å². The first-order chi connectivity index (χ1) is 8.56. The highest BCUT2D eigenvalue weighted by Gasteiger charge is 2.12. The zero-order chi connectivity index (χ0) is 13.1. The molecule has 0 saturated carbocycles. The first kappa shape index (κ1) is 11.7. The number of pyridine rings is 1. The van der Waals surface area contributed by atoms with Crippen molar-refractivity contribution in [3.8, 4) is 0 Å². The molecule has 0 fully saturated rings. The van der Waals surface area contributed by atoms with Gasteiger partial charge in [0.2, 0.25) is 5.89 Å². The first-order valence-corrected chi connectivity index (χ1v) is 4.87. The number of nitrogens with zero attached hydrogens (tertiary/aromatic N) is 3. The smallest absolute Gasteiger partial charge is 0.354 e. The molecule has 8 heteroatoms. The molecule has 0 radical (unpaired) electrons. The molecule has 0 unspecified atom stereocenters. The van der Waals surface area contributed by atoms with Crippen molar-refractivity contribution in [3.63, 3.8) is 0 Å². The van der Waals surface area contributed by atoms with Crippen LogP contribution in [0.1, 0.15) is 26.7 Å². The average molecular weight is 248 g/mol. The van der Waals surface area contributed by atoms with Gasteiger partial charge >= 0.3 is 12.0 Å². The number of hydrogen-bond donors (Lipinski definition) is 2. The number of carbonyl (C=O) groups excluding carboxylic acids is 1. The summed E-state index contributed by atoms with van der Waals surface area (Å²) in [4.78, 5) is 25.9. The van der Waals surface area contributed by atoms with Gasteiger partial charge < -0.3 is 9.52 Å². The van der Waals surface area contributed by atoms with Crippen LogP contribution in [-0.4, -0.2) is 32.2 Å². The van der Waals surface area contributed by atoms with Crippen LogP contribution in [0.2, 0.25) is 0 Å². The Bertz CT molecular complexity index is 590. The molecule has 0 spiro atoms. The van der Waals surface area contributed by atoms with Crippen LogP contribution >= 0.6 is 0 Å². The van der Waals surface area contributed by atoms with Gasteiger partial charge in [-0.15, -0.1) is 5.10 Å². The molecule has 0 bridgehead atoms. The summed E-state index contributed by atoms with van der Waals surface area (Å²) in [6, 6.07) is 2.55. The number of carbonyl (C=O) groups is 2. The van der Waals surface area contributed by atoms with Crippen LogP contribution in [0.4, 0.5) is 6.01 Å². The number of amides is 1. The maximum Gasteiger partial charge on any atom is 0.354 e. The van der Waals surface area contributed by atoms with E-state index in [9.17, 15) is 9.59 Å². The normalized spacial score (nSPS) is 10.1. The number of aromatic nitrogens is 3. The Morgan fingerprint density at radius 2 is 2.11 bits per heavy atom. The summed E-state index contributed by atoms with van der Waals surface area (Å²) in [5, 5.41) is 18.2. The maximum atomic E-state index is 11.7. The molecule has 0 aliphatic heterocycles. The van der Waals surface area contributed by atoms with Crippen molar-refractivity contribution < 1.29 is 19.1 Å². The van der Waals surface area contributed by atoms with Crippen LogP contribution < -0.4 is 5.32 Å². The summed E-state index contributed by atoms with van der Waals surface area (Å²) in [5.41, 5.74) is 0.0519. The van der Waals surface area contributed by atoms with E-state index in [1.165, 1.54) is 12.1 Å². The second-order valence-electron chi connectivity index (χ2n) is 3.32. The van der Waals surface area contributed by atoms with Gasteiger partial charge in [0.25, 0.3) is 5.91 Å². The number of carboxylic acids is 1. The third kappa shape index (κ3) is 2.48. The Morgan fingerprint density at radius 3 is 2.61 bits per heavy atom. The molecular formula is C10H8N4O4. The molecule has 1 amide bonds. The monoisotopic (exact) mass is 248 g/mol. The van der Waals surface area contributed by atoms with Gasteiger partial charge in [-0.05, 0) is 12.1 Å². The second kappa shape index (κ2) is 4.62. The Balaban J connectivity index is 2.11. The van der Waals surface area contributed by atoms with E-state index in [0.29, 0.717) is 5.89 Å². The Hall–Kier alpha value is -2.77. The molecule has 2 aromatic heterocycles. The quantitative estimate of drug-likeness (QED) is 0.821. The van der Waals surface area contributed by atoms with Crippen molar-refractivity contribution >= 4 is 17.9 Å². The fourth-order valence-corrected chi connectivity index (χ4v) is 1.17. The number of rotatable bonds is 3. The number of aryl methyl sites for hydroxylation is 1. The molecule has 0 aliphatic carbocycles. The molecule has 0 aromatic carbocycles. The molecule has 18 heavy (non-hydrogen) atoms. The van der Waals surface area contributed by atoms with Crippen molar-refractivity contribution in [3.05, 3.63) is 35.5 Å². The van der Waals surface area contributed by atoms with E-state index in [4.69, 9.17) is 9.52 Å². The number of hydrogen-bond acceptors (Lipinski definition) is 6. The van der Waals surface area contributed by atoms with Gasteiger partial charge in [0.1, 0.15) is 5.69 Å². The van der Waals surface area contributed by atoms with Crippen molar-refractivity contribution in [2.24, 2.45) is 0 Å². The number of aromatic carboxylic acids is 1. The van der Waals surface area contributed by atoms with Crippen molar-refractivity contribution in [2.75, 3.05) is 5.32 Å². The second-order valence-corrected chi connectivity index (χ2v) is 3.32.